The maximum Gasteiger partial charge on any atom is 0.0683 e. The zero-order chi connectivity index (χ0) is 11.5. The number of hydrogen-bond donors (Lipinski definition) is 1. The molecule has 0 saturated carbocycles. The number of benzene rings is 1. The molecule has 1 fully saturated rings. The van der Waals surface area contributed by atoms with Crippen LogP contribution in [0.1, 0.15) is 11.1 Å². The summed E-state index contributed by atoms with van der Waals surface area (Å²) in [6.07, 6.45) is 0. The SMILES string of the molecule is Cc1cc(C)cc(N2CCOCC2CN)c1. The summed E-state index contributed by atoms with van der Waals surface area (Å²) in [5, 5.41) is 0. The Labute approximate surface area is 97.2 Å². The second kappa shape index (κ2) is 4.85. The minimum atomic E-state index is 0.315. The summed E-state index contributed by atoms with van der Waals surface area (Å²) in [4.78, 5) is 2.36. The number of ether oxygens (including phenoxy) is 1. The van der Waals surface area contributed by atoms with E-state index in [0.717, 1.165) is 19.8 Å². The Balaban J connectivity index is 2.26. The predicted octanol–water partition coefficient (Wildman–Crippen LogP) is 1.47. The highest BCUT2D eigenvalue weighted by molar-refractivity contribution is 5.52. The first-order valence-corrected chi connectivity index (χ1v) is 5.83. The van der Waals surface area contributed by atoms with Gasteiger partial charge in [-0.15, -0.1) is 0 Å². The summed E-state index contributed by atoms with van der Waals surface area (Å²) in [6.45, 7) is 7.38. The molecular formula is C13H20N2O. The average Bonchev–Trinajstić information content (AvgIpc) is 2.27. The number of nitrogens with zero attached hydrogens (tertiary/aromatic N) is 1. The van der Waals surface area contributed by atoms with Gasteiger partial charge in [0.05, 0.1) is 19.3 Å². The van der Waals surface area contributed by atoms with Crippen LogP contribution in [-0.2, 0) is 4.74 Å². The van der Waals surface area contributed by atoms with E-state index in [0.29, 0.717) is 12.6 Å². The van der Waals surface area contributed by atoms with Crippen LogP contribution in [0.25, 0.3) is 0 Å². The highest BCUT2D eigenvalue weighted by Crippen LogP contribution is 2.22. The highest BCUT2D eigenvalue weighted by Gasteiger charge is 2.21. The van der Waals surface area contributed by atoms with E-state index in [4.69, 9.17) is 10.5 Å². The standard InChI is InChI=1S/C13H20N2O/c1-10-5-11(2)7-12(6-10)15-3-4-16-9-13(15)8-14/h5-7,13H,3-4,8-9,14H2,1-2H3. The van der Waals surface area contributed by atoms with E-state index in [9.17, 15) is 0 Å². The molecule has 1 aliphatic heterocycles. The van der Waals surface area contributed by atoms with Gasteiger partial charge in [0.25, 0.3) is 0 Å². The van der Waals surface area contributed by atoms with E-state index in [1.807, 2.05) is 0 Å². The molecule has 3 nitrogen and oxygen atoms in total. The first-order valence-electron chi connectivity index (χ1n) is 5.83. The zero-order valence-corrected chi connectivity index (χ0v) is 10.1. The molecule has 16 heavy (non-hydrogen) atoms. The third kappa shape index (κ3) is 2.36. The van der Waals surface area contributed by atoms with Crippen LogP contribution in [0.5, 0.6) is 0 Å². The Bertz CT molecular complexity index is 345. The molecule has 88 valence electrons. The molecule has 1 saturated heterocycles. The van der Waals surface area contributed by atoms with Crippen molar-refractivity contribution >= 4 is 5.69 Å². The van der Waals surface area contributed by atoms with Crippen LogP contribution in [0.2, 0.25) is 0 Å². The van der Waals surface area contributed by atoms with E-state index in [1.54, 1.807) is 0 Å². The molecule has 1 unspecified atom stereocenters. The molecule has 0 radical (unpaired) electrons. The maximum atomic E-state index is 5.79. The normalized spacial score (nSPS) is 21.2. The molecule has 1 atom stereocenters. The van der Waals surface area contributed by atoms with E-state index in [-0.39, 0.29) is 0 Å². The minimum Gasteiger partial charge on any atom is -0.377 e. The van der Waals surface area contributed by atoms with E-state index in [2.05, 4.69) is 36.9 Å². The van der Waals surface area contributed by atoms with Gasteiger partial charge < -0.3 is 15.4 Å². The van der Waals surface area contributed by atoms with Gasteiger partial charge in [-0.1, -0.05) is 6.07 Å². The van der Waals surface area contributed by atoms with Crippen molar-refractivity contribution in [3.63, 3.8) is 0 Å². The van der Waals surface area contributed by atoms with Gasteiger partial charge in [-0.25, -0.2) is 0 Å². The molecule has 3 heteroatoms. The van der Waals surface area contributed by atoms with Crippen molar-refractivity contribution in [1.29, 1.82) is 0 Å². The van der Waals surface area contributed by atoms with Crippen LogP contribution >= 0.6 is 0 Å². The number of nitrogens with two attached hydrogens (primary N) is 1. The summed E-state index contributed by atoms with van der Waals surface area (Å²) in [7, 11) is 0. The first-order chi connectivity index (χ1) is 7.70. The Morgan fingerprint density at radius 2 is 2.00 bits per heavy atom. The number of rotatable bonds is 2. The predicted molar refractivity (Wildman–Crippen MR) is 66.9 cm³/mol. The van der Waals surface area contributed by atoms with Crippen molar-refractivity contribution in [1.82, 2.24) is 0 Å². The van der Waals surface area contributed by atoms with Crippen molar-refractivity contribution in [3.05, 3.63) is 29.3 Å². The van der Waals surface area contributed by atoms with Gasteiger partial charge in [-0.2, -0.15) is 0 Å². The van der Waals surface area contributed by atoms with Crippen molar-refractivity contribution in [2.24, 2.45) is 5.73 Å². The third-order valence-electron chi connectivity index (χ3n) is 3.04. The Kier molecular flexibility index (Phi) is 3.46. The van der Waals surface area contributed by atoms with E-state index in [1.165, 1.54) is 16.8 Å². The molecule has 2 rings (SSSR count). The molecule has 1 heterocycles. The molecular weight excluding hydrogens is 200 g/mol. The fourth-order valence-electron chi connectivity index (χ4n) is 2.31. The van der Waals surface area contributed by atoms with Gasteiger partial charge in [-0.05, 0) is 37.1 Å². The Hall–Kier alpha value is -1.06. The zero-order valence-electron chi connectivity index (χ0n) is 10.1. The van der Waals surface area contributed by atoms with Crippen molar-refractivity contribution in [2.45, 2.75) is 19.9 Å². The maximum absolute atomic E-state index is 5.79. The molecule has 0 spiro atoms. The van der Waals surface area contributed by atoms with Gasteiger partial charge >= 0.3 is 0 Å². The lowest BCUT2D eigenvalue weighted by molar-refractivity contribution is 0.0962. The number of aryl methyl sites for hydroxylation is 2. The lowest BCUT2D eigenvalue weighted by Crippen LogP contribution is -2.49. The third-order valence-corrected chi connectivity index (χ3v) is 3.04. The molecule has 0 bridgehead atoms. The van der Waals surface area contributed by atoms with Crippen LogP contribution in [-0.4, -0.2) is 32.3 Å². The average molecular weight is 220 g/mol. The van der Waals surface area contributed by atoms with Crippen LogP contribution in [0.15, 0.2) is 18.2 Å². The van der Waals surface area contributed by atoms with E-state index < -0.39 is 0 Å². The van der Waals surface area contributed by atoms with Gasteiger partial charge in [0.2, 0.25) is 0 Å². The topological polar surface area (TPSA) is 38.5 Å². The van der Waals surface area contributed by atoms with Gasteiger partial charge in [0.1, 0.15) is 0 Å². The summed E-state index contributed by atoms with van der Waals surface area (Å²) in [5.74, 6) is 0. The minimum absolute atomic E-state index is 0.315. The molecule has 0 aliphatic carbocycles. The van der Waals surface area contributed by atoms with Crippen molar-refractivity contribution in [2.75, 3.05) is 31.2 Å². The van der Waals surface area contributed by atoms with Crippen molar-refractivity contribution < 1.29 is 4.74 Å². The molecule has 0 amide bonds. The largest absolute Gasteiger partial charge is 0.377 e. The molecule has 1 aliphatic rings. The van der Waals surface area contributed by atoms with Gasteiger partial charge in [0.15, 0.2) is 0 Å². The number of morpholine rings is 1. The highest BCUT2D eigenvalue weighted by atomic mass is 16.5. The Morgan fingerprint density at radius 1 is 1.31 bits per heavy atom. The number of hydrogen-bond acceptors (Lipinski definition) is 3. The van der Waals surface area contributed by atoms with E-state index >= 15 is 0 Å². The summed E-state index contributed by atoms with van der Waals surface area (Å²) in [5.41, 5.74) is 9.67. The lowest BCUT2D eigenvalue weighted by Gasteiger charge is -2.37. The van der Waals surface area contributed by atoms with Crippen LogP contribution < -0.4 is 10.6 Å². The molecule has 0 aromatic heterocycles. The fourth-order valence-corrected chi connectivity index (χ4v) is 2.31. The van der Waals surface area contributed by atoms with Crippen LogP contribution in [0, 0.1) is 13.8 Å². The van der Waals surface area contributed by atoms with Crippen LogP contribution in [0.3, 0.4) is 0 Å². The summed E-state index contributed by atoms with van der Waals surface area (Å²) < 4.78 is 5.46. The lowest BCUT2D eigenvalue weighted by atomic mass is 10.1. The monoisotopic (exact) mass is 220 g/mol. The second-order valence-electron chi connectivity index (χ2n) is 4.50. The molecule has 2 N–H and O–H groups in total. The summed E-state index contributed by atoms with van der Waals surface area (Å²) in [6, 6.07) is 6.96. The quantitative estimate of drug-likeness (QED) is 0.820. The molecule has 1 aromatic rings. The van der Waals surface area contributed by atoms with Gasteiger partial charge in [-0.3, -0.25) is 0 Å². The summed E-state index contributed by atoms with van der Waals surface area (Å²) >= 11 is 0. The first kappa shape index (κ1) is 11.4. The van der Waals surface area contributed by atoms with Crippen molar-refractivity contribution in [3.8, 4) is 0 Å². The Morgan fingerprint density at radius 3 is 2.62 bits per heavy atom. The second-order valence-corrected chi connectivity index (χ2v) is 4.50. The smallest absolute Gasteiger partial charge is 0.0683 e. The molecule has 1 aromatic carbocycles. The van der Waals surface area contributed by atoms with Gasteiger partial charge in [0, 0.05) is 18.8 Å². The fraction of sp³-hybridized carbons (Fsp3) is 0.538. The van der Waals surface area contributed by atoms with Crippen LogP contribution in [0.4, 0.5) is 5.69 Å². The number of anilines is 1.